The molecule has 19 heavy (non-hydrogen) atoms. The molecule has 4 nitrogen and oxygen atoms in total. The highest BCUT2D eigenvalue weighted by atomic mass is 16.6. The molecule has 0 aliphatic carbocycles. The SMILES string of the molecule is CC(C)[N+]1(CCc2ccc([N+](=O)[O-])cc2)CCCC1. The third-order valence-electron chi connectivity index (χ3n) is 4.55. The Morgan fingerprint density at radius 1 is 1.21 bits per heavy atom. The lowest BCUT2D eigenvalue weighted by Gasteiger charge is -2.38. The maximum Gasteiger partial charge on any atom is 0.269 e. The van der Waals surface area contributed by atoms with E-state index in [2.05, 4.69) is 13.8 Å². The number of quaternary nitrogens is 1. The van der Waals surface area contributed by atoms with Gasteiger partial charge in [0.15, 0.2) is 0 Å². The average molecular weight is 263 g/mol. The molecule has 1 heterocycles. The second kappa shape index (κ2) is 5.70. The molecule has 0 spiro atoms. The van der Waals surface area contributed by atoms with Gasteiger partial charge in [-0.1, -0.05) is 12.1 Å². The summed E-state index contributed by atoms with van der Waals surface area (Å²) in [7, 11) is 0. The third-order valence-corrected chi connectivity index (χ3v) is 4.55. The predicted molar refractivity (Wildman–Crippen MR) is 76.0 cm³/mol. The van der Waals surface area contributed by atoms with Crippen LogP contribution in [-0.2, 0) is 6.42 Å². The summed E-state index contributed by atoms with van der Waals surface area (Å²) in [5.74, 6) is 0. The number of benzene rings is 1. The van der Waals surface area contributed by atoms with Crippen LogP contribution in [0.5, 0.6) is 0 Å². The van der Waals surface area contributed by atoms with Crippen LogP contribution < -0.4 is 0 Å². The maximum absolute atomic E-state index is 10.6. The number of rotatable bonds is 5. The van der Waals surface area contributed by atoms with Gasteiger partial charge in [0.1, 0.15) is 0 Å². The van der Waals surface area contributed by atoms with Gasteiger partial charge in [0.05, 0.1) is 30.6 Å². The molecule has 1 aromatic carbocycles. The summed E-state index contributed by atoms with van der Waals surface area (Å²) in [6.07, 6.45) is 3.67. The van der Waals surface area contributed by atoms with Gasteiger partial charge in [-0.3, -0.25) is 10.1 Å². The Hall–Kier alpha value is -1.42. The van der Waals surface area contributed by atoms with Crippen molar-refractivity contribution in [2.24, 2.45) is 0 Å². The van der Waals surface area contributed by atoms with Gasteiger partial charge >= 0.3 is 0 Å². The predicted octanol–water partition coefficient (Wildman–Crippen LogP) is 3.16. The number of nitro benzene ring substituents is 1. The summed E-state index contributed by atoms with van der Waals surface area (Å²) >= 11 is 0. The van der Waals surface area contributed by atoms with Crippen molar-refractivity contribution in [1.82, 2.24) is 0 Å². The number of nitro groups is 1. The molecule has 104 valence electrons. The van der Waals surface area contributed by atoms with Gasteiger partial charge in [-0.2, -0.15) is 0 Å². The Balaban J connectivity index is 1.99. The zero-order valence-corrected chi connectivity index (χ0v) is 11.8. The van der Waals surface area contributed by atoms with Crippen molar-refractivity contribution in [2.45, 2.75) is 39.2 Å². The minimum absolute atomic E-state index is 0.178. The topological polar surface area (TPSA) is 43.1 Å². The van der Waals surface area contributed by atoms with Crippen LogP contribution in [0.3, 0.4) is 0 Å². The monoisotopic (exact) mass is 263 g/mol. The first-order valence-corrected chi connectivity index (χ1v) is 7.13. The summed E-state index contributed by atoms with van der Waals surface area (Å²) in [6, 6.07) is 7.68. The molecule has 2 rings (SSSR count). The number of likely N-dealkylation sites (tertiary alicyclic amines) is 1. The first-order valence-electron chi connectivity index (χ1n) is 7.13. The molecule has 4 heteroatoms. The van der Waals surface area contributed by atoms with Gasteiger partial charge in [0.2, 0.25) is 0 Å². The van der Waals surface area contributed by atoms with Crippen LogP contribution in [0, 0.1) is 10.1 Å². The van der Waals surface area contributed by atoms with Crippen LogP contribution in [0.2, 0.25) is 0 Å². The van der Waals surface area contributed by atoms with E-state index in [1.54, 1.807) is 12.1 Å². The van der Waals surface area contributed by atoms with E-state index in [1.807, 2.05) is 12.1 Å². The second-order valence-corrected chi connectivity index (χ2v) is 5.86. The molecule has 1 aliphatic heterocycles. The zero-order valence-electron chi connectivity index (χ0n) is 11.8. The molecule has 1 saturated heterocycles. The smallest absolute Gasteiger partial charge is 0.269 e. The molecule has 0 radical (unpaired) electrons. The van der Waals surface area contributed by atoms with Crippen LogP contribution in [0.1, 0.15) is 32.3 Å². The van der Waals surface area contributed by atoms with Gasteiger partial charge in [-0.05, 0) is 19.4 Å². The molecule has 1 aromatic rings. The van der Waals surface area contributed by atoms with Crippen molar-refractivity contribution >= 4 is 5.69 Å². The highest BCUT2D eigenvalue weighted by Crippen LogP contribution is 2.24. The standard InChI is InChI=1S/C15H23N2O2/c1-13(2)17(10-3-4-11-17)12-9-14-5-7-15(8-6-14)16(18)19/h5-8,13H,3-4,9-12H2,1-2H3/q+1. The first kappa shape index (κ1) is 14.0. The molecule has 0 saturated carbocycles. The van der Waals surface area contributed by atoms with Gasteiger partial charge in [-0.15, -0.1) is 0 Å². The molecular formula is C15H23N2O2+. The molecule has 0 atom stereocenters. The number of nitrogens with zero attached hydrogens (tertiary/aromatic N) is 2. The van der Waals surface area contributed by atoms with Crippen molar-refractivity contribution in [1.29, 1.82) is 0 Å². The number of hydrogen-bond acceptors (Lipinski definition) is 2. The summed E-state index contributed by atoms with van der Waals surface area (Å²) in [5.41, 5.74) is 1.38. The van der Waals surface area contributed by atoms with Crippen molar-refractivity contribution in [2.75, 3.05) is 19.6 Å². The van der Waals surface area contributed by atoms with Gasteiger partial charge in [0, 0.05) is 31.4 Å². The largest absolute Gasteiger partial charge is 0.321 e. The summed E-state index contributed by atoms with van der Waals surface area (Å²) < 4.78 is 1.21. The Kier molecular flexibility index (Phi) is 4.20. The molecule has 0 bridgehead atoms. The fraction of sp³-hybridized carbons (Fsp3) is 0.600. The fourth-order valence-electron chi connectivity index (χ4n) is 3.10. The van der Waals surface area contributed by atoms with Gasteiger partial charge in [-0.25, -0.2) is 0 Å². The Morgan fingerprint density at radius 2 is 1.79 bits per heavy atom. The van der Waals surface area contributed by atoms with E-state index in [9.17, 15) is 10.1 Å². The minimum atomic E-state index is -0.341. The highest BCUT2D eigenvalue weighted by molar-refractivity contribution is 5.32. The molecule has 1 fully saturated rings. The molecule has 0 unspecified atom stereocenters. The van der Waals surface area contributed by atoms with E-state index in [4.69, 9.17) is 0 Å². The lowest BCUT2D eigenvalue weighted by atomic mass is 10.1. The van der Waals surface area contributed by atoms with E-state index in [0.29, 0.717) is 6.04 Å². The highest BCUT2D eigenvalue weighted by Gasteiger charge is 2.34. The zero-order chi connectivity index (χ0) is 13.9. The van der Waals surface area contributed by atoms with E-state index in [1.165, 1.54) is 36.0 Å². The fourth-order valence-corrected chi connectivity index (χ4v) is 3.10. The van der Waals surface area contributed by atoms with E-state index in [-0.39, 0.29) is 10.6 Å². The number of non-ortho nitro benzene ring substituents is 1. The first-order chi connectivity index (χ1) is 9.03. The Labute approximate surface area is 114 Å². The lowest BCUT2D eigenvalue weighted by molar-refractivity contribution is -0.936. The van der Waals surface area contributed by atoms with Crippen molar-refractivity contribution < 1.29 is 9.41 Å². The summed E-state index contributed by atoms with van der Waals surface area (Å²) in [6.45, 7) is 8.33. The average Bonchev–Trinajstić information content (AvgIpc) is 2.87. The normalized spacial score (nSPS) is 17.8. The Morgan fingerprint density at radius 3 is 2.26 bits per heavy atom. The number of hydrogen-bond donors (Lipinski definition) is 0. The van der Waals surface area contributed by atoms with Crippen LogP contribution in [0.4, 0.5) is 5.69 Å². The maximum atomic E-state index is 10.6. The minimum Gasteiger partial charge on any atom is -0.321 e. The van der Waals surface area contributed by atoms with Crippen LogP contribution >= 0.6 is 0 Å². The molecule has 0 aromatic heterocycles. The quantitative estimate of drug-likeness (QED) is 0.465. The van der Waals surface area contributed by atoms with Crippen molar-refractivity contribution in [3.63, 3.8) is 0 Å². The molecular weight excluding hydrogens is 240 g/mol. The molecule has 0 amide bonds. The van der Waals surface area contributed by atoms with E-state index in [0.717, 1.165) is 13.0 Å². The van der Waals surface area contributed by atoms with Crippen LogP contribution in [0.25, 0.3) is 0 Å². The van der Waals surface area contributed by atoms with E-state index >= 15 is 0 Å². The third kappa shape index (κ3) is 3.13. The van der Waals surface area contributed by atoms with E-state index < -0.39 is 0 Å². The van der Waals surface area contributed by atoms with Gasteiger partial charge < -0.3 is 4.48 Å². The van der Waals surface area contributed by atoms with Crippen LogP contribution in [0.15, 0.2) is 24.3 Å². The molecule has 1 aliphatic rings. The summed E-state index contributed by atoms with van der Waals surface area (Å²) in [5, 5.41) is 10.6. The van der Waals surface area contributed by atoms with Crippen molar-refractivity contribution in [3.05, 3.63) is 39.9 Å². The molecule has 0 N–H and O–H groups in total. The second-order valence-electron chi connectivity index (χ2n) is 5.86. The van der Waals surface area contributed by atoms with Gasteiger partial charge in [0.25, 0.3) is 5.69 Å². The lowest BCUT2D eigenvalue weighted by Crippen LogP contribution is -2.51. The summed E-state index contributed by atoms with van der Waals surface area (Å²) in [4.78, 5) is 10.3. The van der Waals surface area contributed by atoms with Crippen molar-refractivity contribution in [3.8, 4) is 0 Å². The Bertz CT molecular complexity index is 434. The van der Waals surface area contributed by atoms with Crippen LogP contribution in [-0.4, -0.2) is 35.1 Å².